The molecule has 0 aliphatic rings. The van der Waals surface area contributed by atoms with Crippen molar-refractivity contribution in [2.75, 3.05) is 12.4 Å². The van der Waals surface area contributed by atoms with E-state index < -0.39 is 11.9 Å². The number of hydrogen-bond acceptors (Lipinski definition) is 3. The third-order valence-electron chi connectivity index (χ3n) is 2.81. The molecule has 0 bridgehead atoms. The number of halogens is 1. The number of carbonyl (C=O) groups is 2. The first-order chi connectivity index (χ1) is 10.0. The van der Waals surface area contributed by atoms with Gasteiger partial charge in [-0.3, -0.25) is 4.79 Å². The predicted molar refractivity (Wildman–Crippen MR) is 79.4 cm³/mol. The van der Waals surface area contributed by atoms with Gasteiger partial charge in [-0.15, -0.1) is 0 Å². The van der Waals surface area contributed by atoms with Gasteiger partial charge in [0.05, 0.1) is 23.9 Å². The van der Waals surface area contributed by atoms with Gasteiger partial charge in [-0.2, -0.15) is 0 Å². The van der Waals surface area contributed by atoms with Crippen molar-refractivity contribution < 1.29 is 19.4 Å². The summed E-state index contributed by atoms with van der Waals surface area (Å²) in [5.74, 6) is -1.27. The van der Waals surface area contributed by atoms with E-state index in [1.807, 2.05) is 0 Å². The zero-order chi connectivity index (χ0) is 15.4. The van der Waals surface area contributed by atoms with E-state index in [2.05, 4.69) is 5.32 Å². The van der Waals surface area contributed by atoms with Crippen LogP contribution in [0.3, 0.4) is 0 Å². The van der Waals surface area contributed by atoms with Crippen molar-refractivity contribution >= 4 is 29.2 Å². The Morgan fingerprint density at radius 2 is 1.86 bits per heavy atom. The van der Waals surface area contributed by atoms with Gasteiger partial charge in [0, 0.05) is 5.02 Å². The molecule has 108 valence electrons. The quantitative estimate of drug-likeness (QED) is 0.908. The van der Waals surface area contributed by atoms with Gasteiger partial charge in [-0.25, -0.2) is 4.79 Å². The molecule has 0 saturated heterocycles. The van der Waals surface area contributed by atoms with Gasteiger partial charge in [0.1, 0.15) is 5.75 Å². The average molecular weight is 306 g/mol. The van der Waals surface area contributed by atoms with E-state index >= 15 is 0 Å². The molecule has 2 N–H and O–H groups in total. The number of ether oxygens (including phenoxy) is 1. The van der Waals surface area contributed by atoms with Crippen molar-refractivity contribution in [2.24, 2.45) is 0 Å². The Bertz CT molecular complexity index is 700. The van der Waals surface area contributed by atoms with E-state index in [4.69, 9.17) is 21.4 Å². The molecule has 0 fully saturated rings. The monoisotopic (exact) mass is 305 g/mol. The van der Waals surface area contributed by atoms with Gasteiger partial charge in [-0.1, -0.05) is 23.7 Å². The van der Waals surface area contributed by atoms with Crippen LogP contribution in [-0.4, -0.2) is 24.1 Å². The summed E-state index contributed by atoms with van der Waals surface area (Å²) in [5.41, 5.74) is 0.439. The molecule has 2 aromatic carbocycles. The van der Waals surface area contributed by atoms with Crippen LogP contribution >= 0.6 is 11.6 Å². The van der Waals surface area contributed by atoms with Crippen LogP contribution in [0.5, 0.6) is 5.75 Å². The topological polar surface area (TPSA) is 75.6 Å². The van der Waals surface area contributed by atoms with E-state index in [9.17, 15) is 9.59 Å². The molecule has 1 amide bonds. The normalized spacial score (nSPS) is 10.0. The second kappa shape index (κ2) is 6.28. The van der Waals surface area contributed by atoms with Crippen LogP contribution in [0.2, 0.25) is 5.02 Å². The van der Waals surface area contributed by atoms with Crippen LogP contribution in [0, 0.1) is 0 Å². The van der Waals surface area contributed by atoms with Crippen LogP contribution < -0.4 is 10.1 Å². The first-order valence-corrected chi connectivity index (χ1v) is 6.38. The number of para-hydroxylation sites is 1. The lowest BCUT2D eigenvalue weighted by atomic mass is 10.1. The smallest absolute Gasteiger partial charge is 0.337 e. The molecule has 5 nitrogen and oxygen atoms in total. The van der Waals surface area contributed by atoms with Crippen LogP contribution in [-0.2, 0) is 0 Å². The fraction of sp³-hybridized carbons (Fsp3) is 0.0667. The van der Waals surface area contributed by atoms with Crippen molar-refractivity contribution in [3.8, 4) is 5.75 Å². The van der Waals surface area contributed by atoms with Gasteiger partial charge in [0.25, 0.3) is 5.91 Å². The molecule has 0 saturated carbocycles. The van der Waals surface area contributed by atoms with E-state index in [0.29, 0.717) is 10.8 Å². The zero-order valence-corrected chi connectivity index (χ0v) is 11.8. The highest BCUT2D eigenvalue weighted by atomic mass is 35.5. The Morgan fingerprint density at radius 1 is 1.14 bits per heavy atom. The summed E-state index contributed by atoms with van der Waals surface area (Å²) in [6, 6.07) is 10.8. The van der Waals surface area contributed by atoms with Crippen LogP contribution in [0.4, 0.5) is 5.69 Å². The SMILES string of the molecule is COc1ccc(Cl)cc1C(=O)Nc1ccccc1C(=O)O. The number of anilines is 1. The number of hydrogen-bond donors (Lipinski definition) is 2. The molecule has 0 aliphatic heterocycles. The largest absolute Gasteiger partial charge is 0.496 e. The number of benzene rings is 2. The molecule has 21 heavy (non-hydrogen) atoms. The van der Waals surface area contributed by atoms with Gasteiger partial charge < -0.3 is 15.2 Å². The zero-order valence-electron chi connectivity index (χ0n) is 11.1. The number of carboxylic acid groups (broad SMARTS) is 1. The number of aromatic carboxylic acids is 1. The minimum absolute atomic E-state index is 0.00634. The molecular formula is C15H12ClNO4. The van der Waals surface area contributed by atoms with E-state index in [0.717, 1.165) is 0 Å². The van der Waals surface area contributed by atoms with Gasteiger partial charge >= 0.3 is 5.97 Å². The summed E-state index contributed by atoms with van der Waals surface area (Å²) in [5, 5.41) is 12.0. The van der Waals surface area contributed by atoms with Gasteiger partial charge in [0.15, 0.2) is 0 Å². The molecule has 2 rings (SSSR count). The highest BCUT2D eigenvalue weighted by molar-refractivity contribution is 6.31. The lowest BCUT2D eigenvalue weighted by Crippen LogP contribution is -2.15. The Labute approximate surface area is 126 Å². The number of nitrogens with one attached hydrogen (secondary N) is 1. The van der Waals surface area contributed by atoms with Gasteiger partial charge in [-0.05, 0) is 30.3 Å². The molecule has 0 atom stereocenters. The lowest BCUT2D eigenvalue weighted by molar-refractivity contribution is 0.0698. The molecular weight excluding hydrogens is 294 g/mol. The van der Waals surface area contributed by atoms with Crippen molar-refractivity contribution in [3.63, 3.8) is 0 Å². The van der Waals surface area contributed by atoms with Gasteiger partial charge in [0.2, 0.25) is 0 Å². The second-order valence-corrected chi connectivity index (χ2v) is 4.59. The average Bonchev–Trinajstić information content (AvgIpc) is 2.47. The third-order valence-corrected chi connectivity index (χ3v) is 3.05. The number of methoxy groups -OCH3 is 1. The summed E-state index contributed by atoms with van der Waals surface area (Å²) < 4.78 is 5.10. The first kappa shape index (κ1) is 14.9. The van der Waals surface area contributed by atoms with Crippen molar-refractivity contribution in [2.45, 2.75) is 0 Å². The van der Waals surface area contributed by atoms with E-state index in [1.165, 1.54) is 25.3 Å². The van der Waals surface area contributed by atoms with E-state index in [-0.39, 0.29) is 16.8 Å². The summed E-state index contributed by atoms with van der Waals surface area (Å²) >= 11 is 5.87. The standard InChI is InChI=1S/C15H12ClNO4/c1-21-13-7-6-9(16)8-11(13)14(18)17-12-5-3-2-4-10(12)15(19)20/h2-8H,1H3,(H,17,18)(H,19,20). The molecule has 6 heteroatoms. The Morgan fingerprint density at radius 3 is 2.52 bits per heavy atom. The highest BCUT2D eigenvalue weighted by Crippen LogP contribution is 2.24. The second-order valence-electron chi connectivity index (χ2n) is 4.15. The number of carbonyl (C=O) groups excluding carboxylic acids is 1. The number of rotatable bonds is 4. The maximum Gasteiger partial charge on any atom is 0.337 e. The maximum atomic E-state index is 12.3. The van der Waals surface area contributed by atoms with Crippen molar-refractivity contribution in [3.05, 3.63) is 58.6 Å². The van der Waals surface area contributed by atoms with Crippen LogP contribution in [0.15, 0.2) is 42.5 Å². The Kier molecular flexibility index (Phi) is 4.45. The summed E-state index contributed by atoms with van der Waals surface area (Å²) in [6.45, 7) is 0. The molecule has 2 aromatic rings. The molecule has 0 radical (unpaired) electrons. The summed E-state index contributed by atoms with van der Waals surface area (Å²) in [4.78, 5) is 23.4. The van der Waals surface area contributed by atoms with Crippen LogP contribution in [0.25, 0.3) is 0 Å². The minimum Gasteiger partial charge on any atom is -0.496 e. The fourth-order valence-electron chi connectivity index (χ4n) is 1.83. The Hall–Kier alpha value is -2.53. The third kappa shape index (κ3) is 3.32. The van der Waals surface area contributed by atoms with Crippen LogP contribution in [0.1, 0.15) is 20.7 Å². The summed E-state index contributed by atoms with van der Waals surface area (Å²) in [7, 11) is 1.44. The number of carboxylic acids is 1. The molecule has 0 aromatic heterocycles. The lowest BCUT2D eigenvalue weighted by Gasteiger charge is -2.11. The fourth-order valence-corrected chi connectivity index (χ4v) is 2.00. The molecule has 0 aliphatic carbocycles. The Balaban J connectivity index is 2.35. The van der Waals surface area contributed by atoms with Crippen molar-refractivity contribution in [1.29, 1.82) is 0 Å². The maximum absolute atomic E-state index is 12.3. The number of amides is 1. The van der Waals surface area contributed by atoms with E-state index in [1.54, 1.807) is 24.3 Å². The molecule has 0 spiro atoms. The minimum atomic E-state index is -1.12. The molecule has 0 heterocycles. The highest BCUT2D eigenvalue weighted by Gasteiger charge is 2.16. The first-order valence-electron chi connectivity index (χ1n) is 6.00. The predicted octanol–water partition coefficient (Wildman–Crippen LogP) is 3.30. The summed E-state index contributed by atoms with van der Waals surface area (Å²) in [6.07, 6.45) is 0. The van der Waals surface area contributed by atoms with Crippen molar-refractivity contribution in [1.82, 2.24) is 0 Å². The molecule has 0 unspecified atom stereocenters.